The van der Waals surface area contributed by atoms with E-state index in [-0.39, 0.29) is 0 Å². The number of pyridine rings is 1. The van der Waals surface area contributed by atoms with Crippen molar-refractivity contribution in [3.05, 3.63) is 59.9 Å². The summed E-state index contributed by atoms with van der Waals surface area (Å²) >= 11 is 1.90. The van der Waals surface area contributed by atoms with Gasteiger partial charge in [-0.3, -0.25) is 4.98 Å². The van der Waals surface area contributed by atoms with Crippen LogP contribution in [0.15, 0.2) is 53.6 Å². The summed E-state index contributed by atoms with van der Waals surface area (Å²) in [5.41, 5.74) is 2.67. The van der Waals surface area contributed by atoms with Gasteiger partial charge in [0.2, 0.25) is 0 Å². The van der Waals surface area contributed by atoms with E-state index >= 15 is 0 Å². The number of hydrogen-bond donors (Lipinski definition) is 0. The molecule has 2 heteroatoms. The molecule has 92 valence electrons. The minimum atomic E-state index is 0.724. The van der Waals surface area contributed by atoms with Crippen LogP contribution in [0.2, 0.25) is 0 Å². The molecule has 0 aliphatic heterocycles. The minimum absolute atomic E-state index is 0.724. The summed E-state index contributed by atoms with van der Waals surface area (Å²) < 4.78 is 0. The lowest BCUT2D eigenvalue weighted by Crippen LogP contribution is -2.10. The first kappa shape index (κ1) is 11.8. The monoisotopic (exact) mass is 255 g/mol. The molecule has 1 aliphatic carbocycles. The van der Waals surface area contributed by atoms with E-state index in [1.54, 1.807) is 0 Å². The molecular weight excluding hydrogens is 238 g/mol. The van der Waals surface area contributed by atoms with Crippen LogP contribution in [-0.2, 0) is 5.75 Å². The molecule has 0 N–H and O–H groups in total. The molecule has 1 nitrogen and oxygen atoms in total. The first-order valence-electron chi connectivity index (χ1n) is 6.54. The molecule has 0 amide bonds. The van der Waals surface area contributed by atoms with Crippen molar-refractivity contribution in [1.29, 1.82) is 0 Å². The maximum atomic E-state index is 4.50. The number of rotatable bonds is 4. The van der Waals surface area contributed by atoms with Crippen LogP contribution in [-0.4, -0.2) is 4.98 Å². The highest BCUT2D eigenvalue weighted by molar-refractivity contribution is 7.98. The third kappa shape index (κ3) is 2.75. The van der Waals surface area contributed by atoms with Gasteiger partial charge < -0.3 is 0 Å². The molecule has 0 radical (unpaired) electrons. The SMILES string of the molecule is c1ccc(CSc2ccnc(C3CCC3)c2)cc1. The van der Waals surface area contributed by atoms with Gasteiger partial charge in [0.1, 0.15) is 0 Å². The molecule has 0 saturated heterocycles. The lowest BCUT2D eigenvalue weighted by atomic mass is 9.83. The summed E-state index contributed by atoms with van der Waals surface area (Å²) in [7, 11) is 0. The average molecular weight is 255 g/mol. The molecule has 18 heavy (non-hydrogen) atoms. The summed E-state index contributed by atoms with van der Waals surface area (Å²) in [6, 6.07) is 15.0. The summed E-state index contributed by atoms with van der Waals surface area (Å²) in [5, 5.41) is 0. The molecule has 1 heterocycles. The summed E-state index contributed by atoms with van der Waals surface area (Å²) in [5.74, 6) is 1.76. The van der Waals surface area contributed by atoms with Gasteiger partial charge in [-0.25, -0.2) is 0 Å². The number of hydrogen-bond acceptors (Lipinski definition) is 2. The Hall–Kier alpha value is -1.28. The first-order chi connectivity index (χ1) is 8.92. The number of thioether (sulfide) groups is 1. The molecule has 2 aromatic rings. The fourth-order valence-electron chi connectivity index (χ4n) is 2.19. The fourth-order valence-corrected chi connectivity index (χ4v) is 3.07. The van der Waals surface area contributed by atoms with E-state index in [1.807, 2.05) is 18.0 Å². The van der Waals surface area contributed by atoms with E-state index in [4.69, 9.17) is 0 Å². The van der Waals surface area contributed by atoms with Gasteiger partial charge >= 0.3 is 0 Å². The topological polar surface area (TPSA) is 12.9 Å². The van der Waals surface area contributed by atoms with Crippen molar-refractivity contribution in [2.24, 2.45) is 0 Å². The Kier molecular flexibility index (Phi) is 3.65. The predicted molar refractivity (Wildman–Crippen MR) is 76.8 cm³/mol. The third-order valence-electron chi connectivity index (χ3n) is 3.52. The largest absolute Gasteiger partial charge is 0.261 e. The van der Waals surface area contributed by atoms with E-state index in [1.165, 1.54) is 35.4 Å². The van der Waals surface area contributed by atoms with Gasteiger partial charge in [0.15, 0.2) is 0 Å². The Balaban J connectivity index is 1.65. The summed E-state index contributed by atoms with van der Waals surface area (Å²) in [6.45, 7) is 0. The van der Waals surface area contributed by atoms with Crippen LogP contribution in [0.25, 0.3) is 0 Å². The molecule has 1 aromatic carbocycles. The molecule has 1 aliphatic rings. The summed E-state index contributed by atoms with van der Waals surface area (Å²) in [4.78, 5) is 5.85. The number of nitrogens with zero attached hydrogens (tertiary/aromatic N) is 1. The molecule has 3 rings (SSSR count). The van der Waals surface area contributed by atoms with E-state index in [0.717, 1.165) is 11.7 Å². The van der Waals surface area contributed by atoms with Crippen LogP contribution in [0.4, 0.5) is 0 Å². The molecule has 0 atom stereocenters. The minimum Gasteiger partial charge on any atom is -0.261 e. The van der Waals surface area contributed by atoms with Crippen molar-refractivity contribution in [2.45, 2.75) is 35.8 Å². The Morgan fingerprint density at radius 3 is 2.67 bits per heavy atom. The number of benzene rings is 1. The van der Waals surface area contributed by atoms with Gasteiger partial charge in [-0.15, -0.1) is 11.8 Å². The van der Waals surface area contributed by atoms with Crippen molar-refractivity contribution < 1.29 is 0 Å². The van der Waals surface area contributed by atoms with Gasteiger partial charge in [0.25, 0.3) is 0 Å². The maximum Gasteiger partial charge on any atom is 0.0445 e. The highest BCUT2D eigenvalue weighted by Gasteiger charge is 2.20. The standard InChI is InChI=1S/C16H17NS/c1-2-5-13(6-3-1)12-18-15-9-10-17-16(11-15)14-7-4-8-14/h1-3,5-6,9-11,14H,4,7-8,12H2. The Labute approximate surface area is 113 Å². The highest BCUT2D eigenvalue weighted by atomic mass is 32.2. The quantitative estimate of drug-likeness (QED) is 0.738. The van der Waals surface area contributed by atoms with Crippen molar-refractivity contribution >= 4 is 11.8 Å². The van der Waals surface area contributed by atoms with Crippen molar-refractivity contribution in [3.8, 4) is 0 Å². The molecule has 0 spiro atoms. The third-order valence-corrected chi connectivity index (χ3v) is 4.59. The zero-order valence-electron chi connectivity index (χ0n) is 10.4. The van der Waals surface area contributed by atoms with Crippen molar-refractivity contribution in [3.63, 3.8) is 0 Å². The van der Waals surface area contributed by atoms with Gasteiger partial charge in [0, 0.05) is 28.5 Å². The van der Waals surface area contributed by atoms with Crippen LogP contribution in [0, 0.1) is 0 Å². The van der Waals surface area contributed by atoms with Crippen LogP contribution < -0.4 is 0 Å². The molecule has 0 bridgehead atoms. The van der Waals surface area contributed by atoms with E-state index in [2.05, 4.69) is 47.4 Å². The predicted octanol–water partition coefficient (Wildman–Crippen LogP) is 4.64. The smallest absolute Gasteiger partial charge is 0.0445 e. The van der Waals surface area contributed by atoms with Gasteiger partial charge in [-0.2, -0.15) is 0 Å². The molecule has 1 aromatic heterocycles. The number of aromatic nitrogens is 1. The molecule has 1 saturated carbocycles. The van der Waals surface area contributed by atoms with Gasteiger partial charge in [-0.05, 0) is 30.5 Å². The Morgan fingerprint density at radius 1 is 1.11 bits per heavy atom. The van der Waals surface area contributed by atoms with Crippen molar-refractivity contribution in [2.75, 3.05) is 0 Å². The van der Waals surface area contributed by atoms with Crippen LogP contribution in [0.5, 0.6) is 0 Å². The second kappa shape index (κ2) is 5.57. The van der Waals surface area contributed by atoms with E-state index in [0.29, 0.717) is 0 Å². The Bertz CT molecular complexity index is 506. The lowest BCUT2D eigenvalue weighted by molar-refractivity contribution is 0.410. The average Bonchev–Trinajstić information content (AvgIpc) is 2.36. The highest BCUT2D eigenvalue weighted by Crippen LogP contribution is 2.36. The second-order valence-electron chi connectivity index (χ2n) is 4.82. The molecule has 1 fully saturated rings. The molecular formula is C16H17NS. The van der Waals surface area contributed by atoms with E-state index in [9.17, 15) is 0 Å². The Morgan fingerprint density at radius 2 is 1.94 bits per heavy atom. The van der Waals surface area contributed by atoms with Crippen LogP contribution in [0.3, 0.4) is 0 Å². The maximum absolute atomic E-state index is 4.50. The van der Waals surface area contributed by atoms with E-state index < -0.39 is 0 Å². The second-order valence-corrected chi connectivity index (χ2v) is 5.87. The zero-order valence-corrected chi connectivity index (χ0v) is 11.2. The van der Waals surface area contributed by atoms with Crippen molar-refractivity contribution in [1.82, 2.24) is 4.98 Å². The van der Waals surface area contributed by atoms with Crippen LogP contribution >= 0.6 is 11.8 Å². The zero-order chi connectivity index (χ0) is 12.2. The van der Waals surface area contributed by atoms with Gasteiger partial charge in [-0.1, -0.05) is 36.8 Å². The van der Waals surface area contributed by atoms with Gasteiger partial charge in [0.05, 0.1) is 0 Å². The summed E-state index contributed by atoms with van der Waals surface area (Å²) in [6.07, 6.45) is 5.97. The molecule has 0 unspecified atom stereocenters. The van der Waals surface area contributed by atoms with Crippen LogP contribution in [0.1, 0.15) is 36.4 Å². The fraction of sp³-hybridized carbons (Fsp3) is 0.312. The normalized spacial score (nSPS) is 15.3. The first-order valence-corrected chi connectivity index (χ1v) is 7.53. The lowest BCUT2D eigenvalue weighted by Gasteiger charge is -2.24.